The number of benzene rings is 2. The molecule has 2 unspecified atom stereocenters. The fourth-order valence-corrected chi connectivity index (χ4v) is 2.92. The molecule has 23 heavy (non-hydrogen) atoms. The first kappa shape index (κ1) is 16.2. The van der Waals surface area contributed by atoms with Crippen LogP contribution in [0.5, 0.6) is 0 Å². The first-order valence-electron chi connectivity index (χ1n) is 8.21. The lowest BCUT2D eigenvalue weighted by Crippen LogP contribution is -2.28. The van der Waals surface area contributed by atoms with Gasteiger partial charge in [-0.3, -0.25) is 4.84 Å². The van der Waals surface area contributed by atoms with Crippen LogP contribution in [0, 0.1) is 0 Å². The average molecular weight is 311 g/mol. The van der Waals surface area contributed by atoms with Crippen LogP contribution in [-0.2, 0) is 16.1 Å². The minimum absolute atomic E-state index is 0.205. The SMILES string of the molecule is CC(C)(C)OC1CC(c2ccccc2)N(Cc2ccccc2)O1. The van der Waals surface area contributed by atoms with Crippen LogP contribution < -0.4 is 0 Å². The van der Waals surface area contributed by atoms with Crippen molar-refractivity contribution >= 4 is 0 Å². The van der Waals surface area contributed by atoms with E-state index >= 15 is 0 Å². The Labute approximate surface area is 138 Å². The Morgan fingerprint density at radius 2 is 1.61 bits per heavy atom. The predicted molar refractivity (Wildman–Crippen MR) is 91.5 cm³/mol. The molecule has 1 aliphatic heterocycles. The van der Waals surface area contributed by atoms with Gasteiger partial charge in [-0.05, 0) is 31.9 Å². The van der Waals surface area contributed by atoms with Crippen molar-refractivity contribution < 1.29 is 9.57 Å². The van der Waals surface area contributed by atoms with Gasteiger partial charge in [0.15, 0.2) is 6.29 Å². The molecule has 1 aliphatic rings. The molecular weight excluding hydrogens is 286 g/mol. The molecule has 0 radical (unpaired) electrons. The monoisotopic (exact) mass is 311 g/mol. The second-order valence-electron chi connectivity index (χ2n) is 6.99. The molecule has 0 bridgehead atoms. The third kappa shape index (κ3) is 4.41. The van der Waals surface area contributed by atoms with Crippen LogP contribution >= 0.6 is 0 Å². The van der Waals surface area contributed by atoms with Gasteiger partial charge in [-0.1, -0.05) is 60.7 Å². The van der Waals surface area contributed by atoms with E-state index in [1.807, 2.05) is 12.1 Å². The first-order chi connectivity index (χ1) is 11.0. The zero-order chi connectivity index (χ0) is 16.3. The normalized spacial score (nSPS) is 22.4. The highest BCUT2D eigenvalue weighted by molar-refractivity contribution is 5.20. The van der Waals surface area contributed by atoms with Gasteiger partial charge in [0.25, 0.3) is 0 Å². The van der Waals surface area contributed by atoms with Crippen molar-refractivity contribution in [1.29, 1.82) is 0 Å². The molecule has 3 rings (SSSR count). The number of ether oxygens (including phenoxy) is 1. The van der Waals surface area contributed by atoms with Crippen molar-refractivity contribution in [3.8, 4) is 0 Å². The third-order valence-corrected chi connectivity index (χ3v) is 3.87. The Kier molecular flexibility index (Phi) is 4.81. The van der Waals surface area contributed by atoms with Crippen LogP contribution in [0.4, 0.5) is 0 Å². The van der Waals surface area contributed by atoms with E-state index in [4.69, 9.17) is 9.57 Å². The Morgan fingerprint density at radius 1 is 1.00 bits per heavy atom. The lowest BCUT2D eigenvalue weighted by atomic mass is 10.0. The molecule has 1 heterocycles. The van der Waals surface area contributed by atoms with Gasteiger partial charge in [0.05, 0.1) is 11.6 Å². The van der Waals surface area contributed by atoms with Crippen molar-refractivity contribution in [2.75, 3.05) is 0 Å². The molecule has 2 aromatic rings. The minimum atomic E-state index is -0.214. The third-order valence-electron chi connectivity index (χ3n) is 3.87. The van der Waals surface area contributed by atoms with Gasteiger partial charge >= 0.3 is 0 Å². The number of hydrogen-bond acceptors (Lipinski definition) is 3. The maximum absolute atomic E-state index is 6.12. The first-order valence-corrected chi connectivity index (χ1v) is 8.21. The van der Waals surface area contributed by atoms with Gasteiger partial charge in [0.2, 0.25) is 0 Å². The van der Waals surface area contributed by atoms with E-state index in [0.717, 1.165) is 13.0 Å². The second kappa shape index (κ2) is 6.83. The fourth-order valence-electron chi connectivity index (χ4n) is 2.92. The van der Waals surface area contributed by atoms with E-state index in [1.165, 1.54) is 11.1 Å². The van der Waals surface area contributed by atoms with Crippen molar-refractivity contribution in [2.45, 2.75) is 51.7 Å². The molecule has 0 N–H and O–H groups in total. The summed E-state index contributed by atoms with van der Waals surface area (Å²) >= 11 is 0. The molecule has 1 saturated heterocycles. The van der Waals surface area contributed by atoms with Crippen molar-refractivity contribution in [3.63, 3.8) is 0 Å². The van der Waals surface area contributed by atoms with Crippen LogP contribution in [0.3, 0.4) is 0 Å². The van der Waals surface area contributed by atoms with Gasteiger partial charge in [-0.15, -0.1) is 0 Å². The van der Waals surface area contributed by atoms with Gasteiger partial charge in [-0.2, -0.15) is 5.06 Å². The van der Waals surface area contributed by atoms with Crippen molar-refractivity contribution in [3.05, 3.63) is 71.8 Å². The molecule has 0 aromatic heterocycles. The van der Waals surface area contributed by atoms with E-state index < -0.39 is 0 Å². The molecule has 3 heteroatoms. The van der Waals surface area contributed by atoms with Crippen LogP contribution in [0.25, 0.3) is 0 Å². The molecule has 0 aliphatic carbocycles. The van der Waals surface area contributed by atoms with Crippen molar-refractivity contribution in [2.24, 2.45) is 0 Å². The lowest BCUT2D eigenvalue weighted by Gasteiger charge is -2.25. The molecule has 0 spiro atoms. The topological polar surface area (TPSA) is 21.7 Å². The maximum atomic E-state index is 6.12. The zero-order valence-electron chi connectivity index (χ0n) is 14.1. The summed E-state index contributed by atoms with van der Waals surface area (Å²) in [6.07, 6.45) is 0.637. The van der Waals surface area contributed by atoms with Gasteiger partial charge in [0.1, 0.15) is 0 Å². The summed E-state index contributed by atoms with van der Waals surface area (Å²) in [4.78, 5) is 6.12. The number of hydroxylamine groups is 2. The Bertz CT molecular complexity index is 607. The quantitative estimate of drug-likeness (QED) is 0.816. The molecule has 0 saturated carbocycles. The Morgan fingerprint density at radius 3 is 2.22 bits per heavy atom. The molecule has 1 fully saturated rings. The number of nitrogens with zero attached hydrogens (tertiary/aromatic N) is 1. The largest absolute Gasteiger partial charge is 0.345 e. The van der Waals surface area contributed by atoms with Crippen LogP contribution in [0.2, 0.25) is 0 Å². The maximum Gasteiger partial charge on any atom is 0.180 e. The summed E-state index contributed by atoms with van der Waals surface area (Å²) in [5.41, 5.74) is 2.29. The van der Waals surface area contributed by atoms with E-state index in [9.17, 15) is 0 Å². The van der Waals surface area contributed by atoms with E-state index in [1.54, 1.807) is 0 Å². The zero-order valence-corrected chi connectivity index (χ0v) is 14.1. The van der Waals surface area contributed by atoms with Crippen LogP contribution in [0.1, 0.15) is 44.4 Å². The summed E-state index contributed by atoms with van der Waals surface area (Å²) in [5, 5.41) is 2.06. The van der Waals surface area contributed by atoms with Crippen molar-refractivity contribution in [1.82, 2.24) is 5.06 Å². The lowest BCUT2D eigenvalue weighted by molar-refractivity contribution is -0.269. The molecule has 2 aromatic carbocycles. The highest BCUT2D eigenvalue weighted by Crippen LogP contribution is 2.37. The van der Waals surface area contributed by atoms with Crippen LogP contribution in [0.15, 0.2) is 60.7 Å². The summed E-state index contributed by atoms with van der Waals surface area (Å²) in [6, 6.07) is 21.1. The van der Waals surface area contributed by atoms with Gasteiger partial charge < -0.3 is 4.74 Å². The van der Waals surface area contributed by atoms with E-state index in [-0.39, 0.29) is 17.9 Å². The Balaban J connectivity index is 1.78. The predicted octanol–water partition coefficient (Wildman–Crippen LogP) is 4.71. The van der Waals surface area contributed by atoms with Crippen LogP contribution in [-0.4, -0.2) is 17.0 Å². The van der Waals surface area contributed by atoms with E-state index in [2.05, 4.69) is 74.4 Å². The highest BCUT2D eigenvalue weighted by atomic mass is 16.8. The van der Waals surface area contributed by atoms with E-state index in [0.29, 0.717) is 0 Å². The second-order valence-corrected chi connectivity index (χ2v) is 6.99. The Hall–Kier alpha value is -1.68. The molecule has 3 nitrogen and oxygen atoms in total. The summed E-state index contributed by atoms with van der Waals surface area (Å²) in [5.74, 6) is 0. The summed E-state index contributed by atoms with van der Waals surface area (Å²) in [7, 11) is 0. The average Bonchev–Trinajstić information content (AvgIpc) is 2.89. The van der Waals surface area contributed by atoms with Gasteiger partial charge in [0, 0.05) is 13.0 Å². The smallest absolute Gasteiger partial charge is 0.180 e. The molecule has 122 valence electrons. The summed E-state index contributed by atoms with van der Waals surface area (Å²) in [6.45, 7) is 6.94. The summed E-state index contributed by atoms with van der Waals surface area (Å²) < 4.78 is 6.05. The number of hydrogen-bond donors (Lipinski definition) is 0. The standard InChI is InChI=1S/C20H25NO2/c1-20(2,3)22-19-14-18(17-12-8-5-9-13-17)21(23-19)15-16-10-6-4-7-11-16/h4-13,18-19H,14-15H2,1-3H3. The molecule has 2 atom stereocenters. The fraction of sp³-hybridized carbons (Fsp3) is 0.400. The highest BCUT2D eigenvalue weighted by Gasteiger charge is 2.37. The number of rotatable bonds is 4. The molecular formula is C20H25NO2. The minimum Gasteiger partial charge on any atom is -0.345 e. The molecule has 0 amide bonds. The van der Waals surface area contributed by atoms with Gasteiger partial charge in [-0.25, -0.2) is 0 Å².